The molecule has 1 aromatic heterocycles. The first-order valence-corrected chi connectivity index (χ1v) is 18.3. The number of aliphatic hydroxyl groups is 1. The van der Waals surface area contributed by atoms with Crippen LogP contribution in [0.2, 0.25) is 0 Å². The number of pyridine rings is 1. The van der Waals surface area contributed by atoms with Crippen molar-refractivity contribution in [2.45, 2.75) is 40.8 Å². The van der Waals surface area contributed by atoms with Crippen LogP contribution in [0.1, 0.15) is 40.6 Å². The summed E-state index contributed by atoms with van der Waals surface area (Å²) in [6, 6.07) is 40.7. The van der Waals surface area contributed by atoms with Gasteiger partial charge in [-0.05, 0) is 65.2 Å². The third-order valence-electron chi connectivity index (χ3n) is 8.52. The number of sulfonamides is 1. The minimum Gasteiger partial charge on any atom is -0.508 e. The van der Waals surface area contributed by atoms with Gasteiger partial charge in [0.2, 0.25) is 0 Å². The number of phenolic OH excluding ortho intramolecular Hbond substituents is 1. The monoisotopic (exact) mass is 690 g/mol. The molecule has 1 saturated heterocycles. The number of fused-ring (bicyclic) bond motifs is 1. The molecule has 0 bridgehead atoms. The van der Waals surface area contributed by atoms with E-state index in [9.17, 15) is 18.6 Å². The van der Waals surface area contributed by atoms with Crippen molar-refractivity contribution >= 4 is 38.4 Å². The number of phenols is 1. The molecule has 1 unspecified atom stereocenters. The van der Waals surface area contributed by atoms with Crippen molar-refractivity contribution in [3.63, 3.8) is 0 Å². The Kier molecular flexibility index (Phi) is 9.65. The topological polar surface area (TPSA) is 118 Å². The summed E-state index contributed by atoms with van der Waals surface area (Å²) >= 11 is 1.62. The Balaban J connectivity index is 1.23. The lowest BCUT2D eigenvalue weighted by Crippen LogP contribution is -2.38. The zero-order chi connectivity index (χ0) is 33.8. The van der Waals surface area contributed by atoms with E-state index in [2.05, 4.69) is 21.8 Å². The Morgan fingerprint density at radius 1 is 0.755 bits per heavy atom. The molecule has 7 rings (SSSR count). The molecular weight excluding hydrogens is 657 g/mol. The van der Waals surface area contributed by atoms with E-state index in [0.29, 0.717) is 22.5 Å². The first kappa shape index (κ1) is 32.8. The van der Waals surface area contributed by atoms with Gasteiger partial charge in [0.15, 0.2) is 6.29 Å². The van der Waals surface area contributed by atoms with E-state index in [-0.39, 0.29) is 29.3 Å². The number of aromatic hydroxyl groups is 1. The fraction of sp³-hybridized carbons (Fsp3) is 0.154. The third kappa shape index (κ3) is 7.34. The summed E-state index contributed by atoms with van der Waals surface area (Å²) in [7, 11) is -3.98. The maximum atomic E-state index is 13.6. The van der Waals surface area contributed by atoms with Crippen LogP contribution >= 0.6 is 11.8 Å². The highest BCUT2D eigenvalue weighted by Crippen LogP contribution is 2.48. The molecule has 8 nitrogen and oxygen atoms in total. The van der Waals surface area contributed by atoms with Crippen LogP contribution in [-0.2, 0) is 26.1 Å². The van der Waals surface area contributed by atoms with E-state index < -0.39 is 22.4 Å². The maximum Gasteiger partial charge on any atom is 0.264 e. The van der Waals surface area contributed by atoms with E-state index in [1.807, 2.05) is 72.8 Å². The van der Waals surface area contributed by atoms with Gasteiger partial charge in [0.05, 0.1) is 24.3 Å². The average molecular weight is 691 g/mol. The summed E-state index contributed by atoms with van der Waals surface area (Å²) in [6.45, 7) is -0.0664. The summed E-state index contributed by atoms with van der Waals surface area (Å²) in [5.41, 5.74) is 4.19. The van der Waals surface area contributed by atoms with Crippen LogP contribution in [0.15, 0.2) is 149 Å². The Bertz CT molecular complexity index is 2140. The molecule has 10 heteroatoms. The first-order valence-electron chi connectivity index (χ1n) is 15.8. The van der Waals surface area contributed by atoms with Gasteiger partial charge in [-0.2, -0.15) is 0 Å². The number of aromatic nitrogens is 1. The molecule has 0 aliphatic carbocycles. The lowest BCUT2D eigenvalue weighted by molar-refractivity contribution is -0.255. The average Bonchev–Trinajstić information content (AvgIpc) is 3.14. The molecular formula is C39H34N2O6S2. The number of nitrogens with zero attached hydrogens (tertiary/aromatic N) is 1. The number of hydrogen-bond donors (Lipinski definition) is 3. The second-order valence-electron chi connectivity index (χ2n) is 11.8. The zero-order valence-corrected chi connectivity index (χ0v) is 27.9. The highest BCUT2D eigenvalue weighted by Gasteiger charge is 2.42. The standard InChI is InChI=1S/C39H34N2O6S2/c42-24-26-14-16-29(17-15-26)38-36(27-7-2-1-3-8-27)34(25-48-33-20-18-32(43)19-21-33)46-39(47-38)30-10-4-12-31(23-30)41-49(44,45)35-13-5-9-28-11-6-22-40-37(28)35/h1-23,34,36,38-39,41-43H,24-25H2/t34-,36-,38+,39?/m1/s1. The zero-order valence-electron chi connectivity index (χ0n) is 26.3. The van der Waals surface area contributed by atoms with Crippen LogP contribution in [0.3, 0.4) is 0 Å². The Morgan fingerprint density at radius 2 is 1.49 bits per heavy atom. The molecule has 49 heavy (non-hydrogen) atoms. The molecule has 0 saturated carbocycles. The Hall–Kier alpha value is -4.71. The van der Waals surface area contributed by atoms with E-state index >= 15 is 0 Å². The number of thioether (sulfide) groups is 1. The van der Waals surface area contributed by atoms with Gasteiger partial charge in [0.1, 0.15) is 10.6 Å². The Labute approximate surface area is 289 Å². The van der Waals surface area contributed by atoms with Gasteiger partial charge >= 0.3 is 0 Å². The van der Waals surface area contributed by atoms with Gasteiger partial charge in [-0.1, -0.05) is 84.9 Å². The lowest BCUT2D eigenvalue weighted by atomic mass is 9.84. The fourth-order valence-electron chi connectivity index (χ4n) is 6.12. The summed E-state index contributed by atoms with van der Waals surface area (Å²) in [6.07, 6.45) is -0.00499. The molecule has 5 aromatic carbocycles. The Morgan fingerprint density at radius 3 is 2.27 bits per heavy atom. The SMILES string of the molecule is O=S(=O)(Nc1cccc(C2O[C@H](CSc3ccc(O)cc3)[C@@H](c3ccccc3)[C@H](c3ccc(CO)cc3)O2)c1)c1cccc2cccnc12. The van der Waals surface area contributed by atoms with E-state index in [1.165, 1.54) is 0 Å². The molecule has 4 atom stereocenters. The molecule has 3 N–H and O–H groups in total. The number of ether oxygens (including phenoxy) is 2. The summed E-state index contributed by atoms with van der Waals surface area (Å²) in [4.78, 5) is 5.40. The lowest BCUT2D eigenvalue weighted by Gasteiger charge is -2.43. The third-order valence-corrected chi connectivity index (χ3v) is 11.0. The van der Waals surface area contributed by atoms with Crippen molar-refractivity contribution < 1.29 is 28.1 Å². The van der Waals surface area contributed by atoms with Crippen molar-refractivity contribution in [1.82, 2.24) is 4.98 Å². The highest BCUT2D eigenvalue weighted by molar-refractivity contribution is 7.99. The van der Waals surface area contributed by atoms with Gasteiger partial charge in [0, 0.05) is 39.4 Å². The van der Waals surface area contributed by atoms with Crippen LogP contribution in [0.25, 0.3) is 10.9 Å². The van der Waals surface area contributed by atoms with Crippen molar-refractivity contribution in [2.75, 3.05) is 10.5 Å². The normalized spacial score (nSPS) is 19.4. The molecule has 248 valence electrons. The molecule has 1 fully saturated rings. The van der Waals surface area contributed by atoms with Gasteiger partial charge in [0.25, 0.3) is 10.0 Å². The minimum absolute atomic E-state index is 0.0664. The smallest absolute Gasteiger partial charge is 0.264 e. The van der Waals surface area contributed by atoms with Gasteiger partial charge in [-0.25, -0.2) is 8.42 Å². The van der Waals surface area contributed by atoms with Crippen LogP contribution in [0.5, 0.6) is 5.75 Å². The predicted octanol–water partition coefficient (Wildman–Crippen LogP) is 7.96. The van der Waals surface area contributed by atoms with Crippen LogP contribution < -0.4 is 4.72 Å². The fourth-order valence-corrected chi connectivity index (χ4v) is 8.33. The predicted molar refractivity (Wildman–Crippen MR) is 191 cm³/mol. The van der Waals surface area contributed by atoms with Gasteiger partial charge in [-0.3, -0.25) is 9.71 Å². The minimum atomic E-state index is -3.98. The van der Waals surface area contributed by atoms with E-state index in [1.54, 1.807) is 66.5 Å². The maximum absolute atomic E-state index is 13.6. The van der Waals surface area contributed by atoms with Crippen molar-refractivity contribution in [3.05, 3.63) is 162 Å². The molecule has 0 amide bonds. The van der Waals surface area contributed by atoms with E-state index in [0.717, 1.165) is 27.0 Å². The summed E-state index contributed by atoms with van der Waals surface area (Å²) in [5.74, 6) is 0.589. The first-order chi connectivity index (χ1) is 23.9. The number of anilines is 1. The molecule has 6 aromatic rings. The number of para-hydroxylation sites is 1. The quantitative estimate of drug-likeness (QED) is 0.124. The second-order valence-corrected chi connectivity index (χ2v) is 14.5. The number of nitrogens with one attached hydrogen (secondary N) is 1. The summed E-state index contributed by atoms with van der Waals surface area (Å²) in [5, 5.41) is 20.2. The van der Waals surface area contributed by atoms with Crippen LogP contribution in [-0.4, -0.2) is 35.5 Å². The summed E-state index contributed by atoms with van der Waals surface area (Å²) < 4.78 is 43.6. The number of benzene rings is 5. The number of rotatable bonds is 10. The molecule has 1 aliphatic heterocycles. The molecule has 2 heterocycles. The van der Waals surface area contributed by atoms with Crippen LogP contribution in [0, 0.1) is 0 Å². The number of hydrogen-bond acceptors (Lipinski definition) is 8. The van der Waals surface area contributed by atoms with Crippen molar-refractivity contribution in [3.8, 4) is 5.75 Å². The number of aliphatic hydroxyl groups excluding tert-OH is 1. The van der Waals surface area contributed by atoms with Gasteiger partial charge in [-0.15, -0.1) is 11.8 Å². The largest absolute Gasteiger partial charge is 0.508 e. The molecule has 0 spiro atoms. The van der Waals surface area contributed by atoms with Crippen molar-refractivity contribution in [2.24, 2.45) is 0 Å². The van der Waals surface area contributed by atoms with Crippen molar-refractivity contribution in [1.29, 1.82) is 0 Å². The molecule has 1 aliphatic rings. The van der Waals surface area contributed by atoms with Gasteiger partial charge < -0.3 is 19.7 Å². The molecule has 0 radical (unpaired) electrons. The highest BCUT2D eigenvalue weighted by atomic mass is 32.2. The second kappa shape index (κ2) is 14.4. The van der Waals surface area contributed by atoms with Crippen LogP contribution in [0.4, 0.5) is 5.69 Å². The van der Waals surface area contributed by atoms with E-state index in [4.69, 9.17) is 9.47 Å².